The second-order valence-electron chi connectivity index (χ2n) is 4.58. The van der Waals surface area contributed by atoms with Crippen LogP contribution in [0.5, 0.6) is 0 Å². The second-order valence-corrected chi connectivity index (χ2v) is 4.58. The summed E-state index contributed by atoms with van der Waals surface area (Å²) in [5.41, 5.74) is -0.783. The fraction of sp³-hybridized carbons (Fsp3) is 0.538. The maximum atomic E-state index is 13.4. The first kappa shape index (κ1) is 13.1. The van der Waals surface area contributed by atoms with E-state index in [1.807, 2.05) is 13.8 Å². The van der Waals surface area contributed by atoms with E-state index < -0.39 is 17.2 Å². The molecule has 0 spiro atoms. The number of benzene rings is 1. The summed E-state index contributed by atoms with van der Waals surface area (Å²) < 4.78 is 26.3. The lowest BCUT2D eigenvalue weighted by atomic mass is 9.83. The minimum absolute atomic E-state index is 0.0372. The Morgan fingerprint density at radius 3 is 2.56 bits per heavy atom. The smallest absolute Gasteiger partial charge is 0.126 e. The average Bonchev–Trinajstić information content (AvgIpc) is 2.22. The van der Waals surface area contributed by atoms with Crippen molar-refractivity contribution in [2.45, 2.75) is 39.2 Å². The van der Waals surface area contributed by atoms with Crippen molar-refractivity contribution in [2.75, 3.05) is 0 Å². The van der Waals surface area contributed by atoms with Crippen molar-refractivity contribution < 1.29 is 13.9 Å². The molecule has 0 fully saturated rings. The van der Waals surface area contributed by atoms with Gasteiger partial charge in [-0.1, -0.05) is 20.3 Å². The van der Waals surface area contributed by atoms with Crippen LogP contribution in [-0.2, 0) is 6.42 Å². The molecule has 0 bridgehead atoms. The minimum atomic E-state index is -1.01. The van der Waals surface area contributed by atoms with Gasteiger partial charge < -0.3 is 5.11 Å². The van der Waals surface area contributed by atoms with E-state index >= 15 is 0 Å². The molecule has 1 nitrogen and oxygen atoms in total. The van der Waals surface area contributed by atoms with Crippen molar-refractivity contribution in [3.63, 3.8) is 0 Å². The molecule has 2 atom stereocenters. The summed E-state index contributed by atoms with van der Waals surface area (Å²) in [7, 11) is 0. The predicted octanol–water partition coefficient (Wildman–Crippen LogP) is 3.30. The van der Waals surface area contributed by atoms with E-state index in [0.717, 1.165) is 24.6 Å². The molecule has 0 heterocycles. The first-order valence-corrected chi connectivity index (χ1v) is 5.53. The standard InChI is InChI=1S/C13H18F2O/c1-4-9(2)13(3,16)8-10-7-11(14)5-6-12(10)15/h5-7,9,16H,4,8H2,1-3H3. The summed E-state index contributed by atoms with van der Waals surface area (Å²) in [4.78, 5) is 0. The molecule has 0 aromatic heterocycles. The van der Waals surface area contributed by atoms with Gasteiger partial charge >= 0.3 is 0 Å². The lowest BCUT2D eigenvalue weighted by molar-refractivity contribution is 0.00442. The van der Waals surface area contributed by atoms with E-state index in [9.17, 15) is 13.9 Å². The van der Waals surface area contributed by atoms with Gasteiger partial charge in [-0.2, -0.15) is 0 Å². The van der Waals surface area contributed by atoms with E-state index in [4.69, 9.17) is 0 Å². The number of halogens is 2. The Hall–Kier alpha value is -0.960. The van der Waals surface area contributed by atoms with Gasteiger partial charge in [0, 0.05) is 6.42 Å². The van der Waals surface area contributed by atoms with Crippen LogP contribution in [-0.4, -0.2) is 10.7 Å². The van der Waals surface area contributed by atoms with Crippen LogP contribution in [0.2, 0.25) is 0 Å². The fourth-order valence-corrected chi connectivity index (χ4v) is 1.68. The van der Waals surface area contributed by atoms with Crippen LogP contribution in [0, 0.1) is 17.6 Å². The molecule has 2 unspecified atom stereocenters. The first-order valence-electron chi connectivity index (χ1n) is 5.53. The van der Waals surface area contributed by atoms with E-state index in [1.54, 1.807) is 6.92 Å². The minimum Gasteiger partial charge on any atom is -0.390 e. The molecular formula is C13H18F2O. The fourth-order valence-electron chi connectivity index (χ4n) is 1.68. The summed E-state index contributed by atoms with van der Waals surface area (Å²) in [6, 6.07) is 3.32. The molecule has 1 aromatic rings. The largest absolute Gasteiger partial charge is 0.390 e. The zero-order valence-corrected chi connectivity index (χ0v) is 9.93. The molecule has 0 saturated heterocycles. The molecule has 16 heavy (non-hydrogen) atoms. The molecule has 0 aliphatic heterocycles. The normalized spacial score (nSPS) is 16.9. The maximum Gasteiger partial charge on any atom is 0.126 e. The van der Waals surface area contributed by atoms with Gasteiger partial charge in [-0.25, -0.2) is 8.78 Å². The van der Waals surface area contributed by atoms with Crippen LogP contribution in [0.3, 0.4) is 0 Å². The summed E-state index contributed by atoms with van der Waals surface area (Å²) >= 11 is 0. The molecule has 1 aromatic carbocycles. The van der Waals surface area contributed by atoms with Crippen LogP contribution >= 0.6 is 0 Å². The number of rotatable bonds is 4. The zero-order valence-electron chi connectivity index (χ0n) is 9.93. The molecule has 0 radical (unpaired) electrons. The summed E-state index contributed by atoms with van der Waals surface area (Å²) in [6.45, 7) is 5.52. The Balaban J connectivity index is 2.91. The monoisotopic (exact) mass is 228 g/mol. The molecule has 0 aliphatic carbocycles. The summed E-state index contributed by atoms with van der Waals surface area (Å²) in [5, 5.41) is 10.2. The number of aliphatic hydroxyl groups is 1. The zero-order chi connectivity index (χ0) is 12.3. The Morgan fingerprint density at radius 1 is 1.38 bits per heavy atom. The predicted molar refractivity (Wildman–Crippen MR) is 60.1 cm³/mol. The molecule has 1 N–H and O–H groups in total. The number of hydrogen-bond donors (Lipinski definition) is 1. The van der Waals surface area contributed by atoms with Gasteiger partial charge in [-0.15, -0.1) is 0 Å². The molecule has 3 heteroatoms. The van der Waals surface area contributed by atoms with Crippen molar-refractivity contribution in [3.8, 4) is 0 Å². The molecule has 90 valence electrons. The molecule has 0 amide bonds. The Kier molecular flexibility index (Phi) is 4.03. The van der Waals surface area contributed by atoms with Crippen molar-refractivity contribution in [3.05, 3.63) is 35.4 Å². The van der Waals surface area contributed by atoms with Crippen molar-refractivity contribution in [1.82, 2.24) is 0 Å². The van der Waals surface area contributed by atoms with Crippen molar-refractivity contribution >= 4 is 0 Å². The lowest BCUT2D eigenvalue weighted by Crippen LogP contribution is -2.35. The van der Waals surface area contributed by atoms with Gasteiger partial charge in [0.05, 0.1) is 5.60 Å². The Labute approximate surface area is 95.1 Å². The van der Waals surface area contributed by atoms with Gasteiger partial charge in [-0.05, 0) is 36.6 Å². The average molecular weight is 228 g/mol. The molecule has 0 saturated carbocycles. The van der Waals surface area contributed by atoms with Gasteiger partial charge in [-0.3, -0.25) is 0 Å². The summed E-state index contributed by atoms with van der Waals surface area (Å²) in [6.07, 6.45) is 0.926. The maximum absolute atomic E-state index is 13.4. The Morgan fingerprint density at radius 2 is 2.00 bits per heavy atom. The van der Waals surface area contributed by atoms with E-state index in [1.165, 1.54) is 0 Å². The van der Waals surface area contributed by atoms with Crippen LogP contribution in [0.15, 0.2) is 18.2 Å². The van der Waals surface area contributed by atoms with Gasteiger partial charge in [0.25, 0.3) is 0 Å². The highest BCUT2D eigenvalue weighted by molar-refractivity contribution is 5.20. The lowest BCUT2D eigenvalue weighted by Gasteiger charge is -2.29. The highest BCUT2D eigenvalue weighted by atomic mass is 19.1. The highest BCUT2D eigenvalue weighted by Crippen LogP contribution is 2.25. The van der Waals surface area contributed by atoms with Crippen LogP contribution in [0.25, 0.3) is 0 Å². The van der Waals surface area contributed by atoms with Gasteiger partial charge in [0.1, 0.15) is 11.6 Å². The van der Waals surface area contributed by atoms with Crippen LogP contribution < -0.4 is 0 Å². The van der Waals surface area contributed by atoms with Gasteiger partial charge in [0.2, 0.25) is 0 Å². The third-order valence-corrected chi connectivity index (χ3v) is 3.23. The number of hydrogen-bond acceptors (Lipinski definition) is 1. The second kappa shape index (κ2) is 4.91. The third-order valence-electron chi connectivity index (χ3n) is 3.23. The van der Waals surface area contributed by atoms with Crippen molar-refractivity contribution in [1.29, 1.82) is 0 Å². The molecule has 0 aliphatic rings. The van der Waals surface area contributed by atoms with E-state index in [2.05, 4.69) is 0 Å². The van der Waals surface area contributed by atoms with E-state index in [-0.39, 0.29) is 17.9 Å². The third kappa shape index (κ3) is 3.01. The highest BCUT2D eigenvalue weighted by Gasteiger charge is 2.28. The summed E-state index contributed by atoms with van der Waals surface area (Å²) in [5.74, 6) is -0.906. The molecule has 1 rings (SSSR count). The van der Waals surface area contributed by atoms with Gasteiger partial charge in [0.15, 0.2) is 0 Å². The SMILES string of the molecule is CCC(C)C(C)(O)Cc1cc(F)ccc1F. The van der Waals surface area contributed by atoms with E-state index in [0.29, 0.717) is 0 Å². The molecular weight excluding hydrogens is 210 g/mol. The van der Waals surface area contributed by atoms with Crippen LogP contribution in [0.1, 0.15) is 32.8 Å². The first-order chi connectivity index (χ1) is 7.36. The Bertz CT molecular complexity index is 361. The van der Waals surface area contributed by atoms with Crippen molar-refractivity contribution in [2.24, 2.45) is 5.92 Å². The topological polar surface area (TPSA) is 20.2 Å². The van der Waals surface area contributed by atoms with Crippen LogP contribution in [0.4, 0.5) is 8.78 Å². The quantitative estimate of drug-likeness (QED) is 0.838.